The van der Waals surface area contributed by atoms with Crippen LogP contribution in [0.1, 0.15) is 16.8 Å². The molecule has 0 amide bonds. The molecule has 0 saturated carbocycles. The van der Waals surface area contributed by atoms with Gasteiger partial charge in [-0.2, -0.15) is 4.98 Å². The molecule has 0 atom stereocenters. The number of hydrogen-bond acceptors (Lipinski definition) is 6. The Morgan fingerprint density at radius 1 is 1.04 bits per heavy atom. The van der Waals surface area contributed by atoms with Crippen LogP contribution in [-0.2, 0) is 0 Å². The van der Waals surface area contributed by atoms with E-state index in [0.29, 0.717) is 11.6 Å². The highest BCUT2D eigenvalue weighted by Gasteiger charge is 2.25. The van der Waals surface area contributed by atoms with E-state index in [4.69, 9.17) is 0 Å². The van der Waals surface area contributed by atoms with Crippen LogP contribution in [0.15, 0.2) is 48.5 Å². The van der Waals surface area contributed by atoms with Crippen molar-refractivity contribution in [3.63, 3.8) is 0 Å². The minimum absolute atomic E-state index is 0.104. The molecule has 7 heteroatoms. The van der Waals surface area contributed by atoms with Crippen molar-refractivity contribution < 1.29 is 4.92 Å². The second kappa shape index (κ2) is 7.41. The van der Waals surface area contributed by atoms with Gasteiger partial charge in [0.1, 0.15) is 5.69 Å². The number of benzene rings is 2. The summed E-state index contributed by atoms with van der Waals surface area (Å²) in [7, 11) is 1.76. The van der Waals surface area contributed by atoms with E-state index in [-0.39, 0.29) is 11.5 Å². The van der Waals surface area contributed by atoms with Gasteiger partial charge in [0.05, 0.1) is 4.92 Å². The zero-order valence-electron chi connectivity index (χ0n) is 15.7. The van der Waals surface area contributed by atoms with E-state index in [2.05, 4.69) is 15.3 Å². The van der Waals surface area contributed by atoms with Crippen LogP contribution in [0.4, 0.5) is 28.8 Å². The SMILES string of the molecule is Cc1ccc(C)c(Nc2nc(C)c([N+](=O)[O-])c(N(C)c3ccccc3)n2)c1. The molecule has 2 aromatic carbocycles. The first-order valence-electron chi connectivity index (χ1n) is 8.53. The summed E-state index contributed by atoms with van der Waals surface area (Å²) in [5.41, 5.74) is 4.02. The molecule has 0 bridgehead atoms. The molecular formula is C20H21N5O2. The molecule has 0 spiro atoms. The molecule has 0 aliphatic heterocycles. The molecule has 0 saturated heterocycles. The van der Waals surface area contributed by atoms with E-state index < -0.39 is 4.92 Å². The van der Waals surface area contributed by atoms with Crippen molar-refractivity contribution >= 4 is 28.8 Å². The van der Waals surface area contributed by atoms with E-state index >= 15 is 0 Å². The van der Waals surface area contributed by atoms with Crippen molar-refractivity contribution in [1.82, 2.24) is 9.97 Å². The van der Waals surface area contributed by atoms with Crippen molar-refractivity contribution in [3.8, 4) is 0 Å². The van der Waals surface area contributed by atoms with Gasteiger partial charge in [-0.1, -0.05) is 30.3 Å². The summed E-state index contributed by atoms with van der Waals surface area (Å²) in [6.45, 7) is 5.61. The monoisotopic (exact) mass is 363 g/mol. The Bertz CT molecular complexity index is 989. The van der Waals surface area contributed by atoms with E-state index in [1.165, 1.54) is 0 Å². The van der Waals surface area contributed by atoms with Crippen molar-refractivity contribution in [3.05, 3.63) is 75.5 Å². The lowest BCUT2D eigenvalue weighted by Crippen LogP contribution is -2.16. The van der Waals surface area contributed by atoms with Gasteiger partial charge in [0, 0.05) is 18.4 Å². The van der Waals surface area contributed by atoms with Crippen LogP contribution in [0, 0.1) is 30.9 Å². The van der Waals surface area contributed by atoms with Gasteiger partial charge in [0.15, 0.2) is 0 Å². The van der Waals surface area contributed by atoms with Crippen LogP contribution in [0.3, 0.4) is 0 Å². The van der Waals surface area contributed by atoms with Crippen molar-refractivity contribution in [2.45, 2.75) is 20.8 Å². The summed E-state index contributed by atoms with van der Waals surface area (Å²) in [5, 5.41) is 14.8. The van der Waals surface area contributed by atoms with Gasteiger partial charge >= 0.3 is 5.69 Å². The number of hydrogen-bond donors (Lipinski definition) is 1. The minimum Gasteiger partial charge on any atom is -0.324 e. The van der Waals surface area contributed by atoms with E-state index in [0.717, 1.165) is 22.5 Å². The summed E-state index contributed by atoms with van der Waals surface area (Å²) < 4.78 is 0. The van der Waals surface area contributed by atoms with Gasteiger partial charge in [-0.05, 0) is 50.1 Å². The Balaban J connectivity index is 2.08. The number of rotatable bonds is 5. The van der Waals surface area contributed by atoms with Gasteiger partial charge in [-0.15, -0.1) is 0 Å². The molecule has 0 radical (unpaired) electrons. The van der Waals surface area contributed by atoms with E-state index in [1.54, 1.807) is 18.9 Å². The number of nitrogens with one attached hydrogen (secondary N) is 1. The summed E-state index contributed by atoms with van der Waals surface area (Å²) in [6, 6.07) is 15.4. The fourth-order valence-corrected chi connectivity index (χ4v) is 2.82. The molecule has 0 aliphatic carbocycles. The van der Waals surface area contributed by atoms with Gasteiger partial charge in [-0.3, -0.25) is 10.1 Å². The molecule has 0 fully saturated rings. The maximum atomic E-state index is 11.6. The lowest BCUT2D eigenvalue weighted by molar-refractivity contribution is -0.385. The lowest BCUT2D eigenvalue weighted by Gasteiger charge is -2.19. The maximum Gasteiger partial charge on any atom is 0.333 e. The Morgan fingerprint density at radius 3 is 2.41 bits per heavy atom. The molecule has 27 heavy (non-hydrogen) atoms. The second-order valence-corrected chi connectivity index (χ2v) is 6.40. The third kappa shape index (κ3) is 3.87. The van der Waals surface area contributed by atoms with Crippen molar-refractivity contribution in [1.29, 1.82) is 0 Å². The fourth-order valence-electron chi connectivity index (χ4n) is 2.82. The highest BCUT2D eigenvalue weighted by Crippen LogP contribution is 2.34. The zero-order valence-corrected chi connectivity index (χ0v) is 15.7. The standard InChI is InChI=1S/C20H21N5O2/c1-13-10-11-14(2)17(12-13)22-20-21-15(3)18(25(26)27)19(23-20)24(4)16-8-6-5-7-9-16/h5-12H,1-4H3,(H,21,22,23). The molecule has 3 aromatic rings. The van der Waals surface area contributed by atoms with Gasteiger partial charge < -0.3 is 10.2 Å². The molecule has 3 rings (SSSR count). The molecular weight excluding hydrogens is 342 g/mol. The summed E-state index contributed by atoms with van der Waals surface area (Å²) in [6.07, 6.45) is 0. The normalized spacial score (nSPS) is 10.5. The predicted octanol–water partition coefficient (Wildman–Crippen LogP) is 4.82. The largest absolute Gasteiger partial charge is 0.333 e. The minimum atomic E-state index is -0.439. The van der Waals surface area contributed by atoms with Crippen LogP contribution < -0.4 is 10.2 Å². The molecule has 1 N–H and O–H groups in total. The first-order chi connectivity index (χ1) is 12.9. The Morgan fingerprint density at radius 2 is 1.74 bits per heavy atom. The number of nitro groups is 1. The van der Waals surface area contributed by atoms with Gasteiger partial charge in [0.2, 0.25) is 11.8 Å². The molecule has 0 unspecified atom stereocenters. The Hall–Kier alpha value is -3.48. The van der Waals surface area contributed by atoms with Crippen LogP contribution in [0.25, 0.3) is 0 Å². The summed E-state index contributed by atoms with van der Waals surface area (Å²) >= 11 is 0. The molecule has 7 nitrogen and oxygen atoms in total. The van der Waals surface area contributed by atoms with Crippen LogP contribution in [0.5, 0.6) is 0 Å². The zero-order chi connectivity index (χ0) is 19.6. The third-order valence-corrected chi connectivity index (χ3v) is 4.32. The average molecular weight is 363 g/mol. The molecule has 0 aliphatic rings. The molecule has 1 aromatic heterocycles. The van der Waals surface area contributed by atoms with Gasteiger partial charge in [0.25, 0.3) is 0 Å². The highest BCUT2D eigenvalue weighted by atomic mass is 16.6. The van der Waals surface area contributed by atoms with Crippen LogP contribution in [-0.4, -0.2) is 21.9 Å². The average Bonchev–Trinajstić information content (AvgIpc) is 2.64. The summed E-state index contributed by atoms with van der Waals surface area (Å²) in [5.74, 6) is 0.566. The number of para-hydroxylation sites is 1. The molecule has 1 heterocycles. The Kier molecular flexibility index (Phi) is 5.03. The summed E-state index contributed by atoms with van der Waals surface area (Å²) in [4.78, 5) is 21.6. The second-order valence-electron chi connectivity index (χ2n) is 6.40. The third-order valence-electron chi connectivity index (χ3n) is 4.32. The van der Waals surface area contributed by atoms with Crippen molar-refractivity contribution in [2.24, 2.45) is 0 Å². The van der Waals surface area contributed by atoms with E-state index in [9.17, 15) is 10.1 Å². The fraction of sp³-hybridized carbons (Fsp3) is 0.200. The number of aryl methyl sites for hydroxylation is 3. The van der Waals surface area contributed by atoms with Crippen molar-refractivity contribution in [2.75, 3.05) is 17.3 Å². The first kappa shape index (κ1) is 18.3. The Labute approximate surface area is 157 Å². The van der Waals surface area contributed by atoms with Gasteiger partial charge in [-0.25, -0.2) is 4.98 Å². The van der Waals surface area contributed by atoms with E-state index in [1.807, 2.05) is 62.4 Å². The number of anilines is 4. The molecule has 138 valence electrons. The number of aromatic nitrogens is 2. The topological polar surface area (TPSA) is 84.2 Å². The maximum absolute atomic E-state index is 11.6. The first-order valence-corrected chi connectivity index (χ1v) is 8.53. The predicted molar refractivity (Wildman–Crippen MR) is 107 cm³/mol. The highest BCUT2D eigenvalue weighted by molar-refractivity contribution is 5.71. The van der Waals surface area contributed by atoms with Crippen LogP contribution >= 0.6 is 0 Å². The quantitative estimate of drug-likeness (QED) is 0.517. The smallest absolute Gasteiger partial charge is 0.324 e. The lowest BCUT2D eigenvalue weighted by atomic mass is 10.1. The van der Waals surface area contributed by atoms with Crippen LogP contribution in [0.2, 0.25) is 0 Å². The number of nitrogens with zero attached hydrogens (tertiary/aromatic N) is 4.